The maximum atomic E-state index is 13.0. The van der Waals surface area contributed by atoms with E-state index in [9.17, 15) is 9.90 Å². The number of para-hydroxylation sites is 1. The number of benzene rings is 2. The van der Waals surface area contributed by atoms with Crippen LogP contribution in [0.15, 0.2) is 54.0 Å². The fourth-order valence-corrected chi connectivity index (χ4v) is 4.67. The van der Waals surface area contributed by atoms with Crippen molar-refractivity contribution in [1.29, 1.82) is 0 Å². The third-order valence-electron chi connectivity index (χ3n) is 5.65. The molecule has 0 aliphatic rings. The topological polar surface area (TPSA) is 102 Å². The summed E-state index contributed by atoms with van der Waals surface area (Å²) in [4.78, 5) is 16.7. The van der Waals surface area contributed by atoms with Crippen LogP contribution < -0.4 is 24.3 Å². The zero-order chi connectivity index (χ0) is 24.8. The number of aliphatic hydroxyl groups is 1. The Kier molecular flexibility index (Phi) is 7.79. The average molecular weight is 497 g/mol. The number of rotatable bonds is 11. The predicted octanol–water partition coefficient (Wildman–Crippen LogP) is 4.17. The third kappa shape index (κ3) is 5.36. The number of carbonyl (C=O) groups is 1. The van der Waals surface area contributed by atoms with E-state index in [2.05, 4.69) is 10.3 Å². The van der Waals surface area contributed by atoms with Gasteiger partial charge in [-0.1, -0.05) is 18.2 Å². The third-order valence-corrected chi connectivity index (χ3v) is 6.55. The lowest BCUT2D eigenvalue weighted by molar-refractivity contribution is 0.0916. The molecule has 1 atom stereocenters. The van der Waals surface area contributed by atoms with Crippen LogP contribution in [0.2, 0.25) is 0 Å². The van der Waals surface area contributed by atoms with Gasteiger partial charge in [-0.05, 0) is 47.2 Å². The Hall–Kier alpha value is -3.69. The van der Waals surface area contributed by atoms with Gasteiger partial charge in [0, 0.05) is 17.1 Å². The normalized spacial score (nSPS) is 11.8. The maximum absolute atomic E-state index is 13.0. The van der Waals surface area contributed by atoms with Gasteiger partial charge in [0.05, 0.1) is 34.0 Å². The molecule has 8 nitrogen and oxygen atoms in total. The molecule has 4 aromatic rings. The number of ether oxygens (including phenoxy) is 4. The lowest BCUT2D eigenvalue weighted by atomic mass is 10.1. The molecule has 2 aromatic heterocycles. The second kappa shape index (κ2) is 11.2. The quantitative estimate of drug-likeness (QED) is 0.288. The number of carbonyl (C=O) groups excluding carboxylic acids is 1. The number of H-pyrrole nitrogens is 1. The smallest absolute Gasteiger partial charge is 0.265 e. The minimum atomic E-state index is -0.438. The van der Waals surface area contributed by atoms with Crippen LogP contribution in [0, 0.1) is 0 Å². The standard InChI is InChI=1S/C26H28N2O6S/c1-31-22-10-16(11-23(32-2)24(22)33-3)15-34-21-8-9-35-25(21)26(30)28-18(14-29)12-17-13-27-20-7-5-4-6-19(17)20/h4-11,13,18,27,29H,12,14-15H2,1-3H3,(H,28,30). The fourth-order valence-electron chi connectivity index (χ4n) is 3.93. The van der Waals surface area contributed by atoms with Crippen molar-refractivity contribution in [3.05, 3.63) is 70.0 Å². The molecule has 0 aliphatic carbocycles. The molecule has 0 aliphatic heterocycles. The highest BCUT2D eigenvalue weighted by atomic mass is 32.1. The van der Waals surface area contributed by atoms with Crippen molar-refractivity contribution < 1.29 is 28.8 Å². The summed E-state index contributed by atoms with van der Waals surface area (Å²) >= 11 is 1.28. The first kappa shape index (κ1) is 24.4. The first-order chi connectivity index (χ1) is 17.1. The summed E-state index contributed by atoms with van der Waals surface area (Å²) in [5, 5.41) is 15.7. The molecule has 184 valence electrons. The summed E-state index contributed by atoms with van der Waals surface area (Å²) in [5.41, 5.74) is 2.85. The lowest BCUT2D eigenvalue weighted by Gasteiger charge is -2.17. The second-order valence-corrected chi connectivity index (χ2v) is 8.77. The Balaban J connectivity index is 1.44. The molecule has 2 aromatic carbocycles. The highest BCUT2D eigenvalue weighted by Crippen LogP contribution is 2.38. The number of fused-ring (bicyclic) bond motifs is 1. The molecule has 1 unspecified atom stereocenters. The van der Waals surface area contributed by atoms with Gasteiger partial charge in [0.2, 0.25) is 5.75 Å². The van der Waals surface area contributed by atoms with Crippen LogP contribution in [0.25, 0.3) is 10.9 Å². The van der Waals surface area contributed by atoms with Crippen LogP contribution in [0.1, 0.15) is 20.8 Å². The highest BCUT2D eigenvalue weighted by molar-refractivity contribution is 7.12. The molecule has 4 rings (SSSR count). The summed E-state index contributed by atoms with van der Waals surface area (Å²) in [6.07, 6.45) is 2.41. The van der Waals surface area contributed by atoms with Gasteiger partial charge in [0.25, 0.3) is 5.91 Å². The van der Waals surface area contributed by atoms with E-state index >= 15 is 0 Å². The van der Waals surface area contributed by atoms with Crippen LogP contribution in [-0.2, 0) is 13.0 Å². The number of aromatic nitrogens is 1. The Labute approximate surface area is 207 Å². The van der Waals surface area contributed by atoms with E-state index in [-0.39, 0.29) is 19.1 Å². The molecule has 3 N–H and O–H groups in total. The van der Waals surface area contributed by atoms with Crippen molar-refractivity contribution in [3.63, 3.8) is 0 Å². The second-order valence-electron chi connectivity index (χ2n) is 7.85. The summed E-state index contributed by atoms with van der Waals surface area (Å²) in [7, 11) is 4.65. The largest absolute Gasteiger partial charge is 0.493 e. The van der Waals surface area contributed by atoms with Crippen LogP contribution >= 0.6 is 11.3 Å². The zero-order valence-corrected chi connectivity index (χ0v) is 20.6. The van der Waals surface area contributed by atoms with Gasteiger partial charge in [-0.25, -0.2) is 0 Å². The summed E-state index contributed by atoms with van der Waals surface area (Å²) < 4.78 is 22.1. The Bertz CT molecular complexity index is 1270. The molecule has 0 saturated heterocycles. The van der Waals surface area contributed by atoms with E-state index in [0.717, 1.165) is 22.0 Å². The van der Waals surface area contributed by atoms with E-state index in [1.54, 1.807) is 44.9 Å². The van der Waals surface area contributed by atoms with Gasteiger partial charge in [-0.15, -0.1) is 11.3 Å². The van der Waals surface area contributed by atoms with Crippen molar-refractivity contribution in [2.24, 2.45) is 0 Å². The number of aliphatic hydroxyl groups excluding tert-OH is 1. The highest BCUT2D eigenvalue weighted by Gasteiger charge is 2.20. The molecule has 2 heterocycles. The van der Waals surface area contributed by atoms with Gasteiger partial charge < -0.3 is 34.4 Å². The van der Waals surface area contributed by atoms with Crippen molar-refractivity contribution in [2.75, 3.05) is 27.9 Å². The first-order valence-electron chi connectivity index (χ1n) is 11.0. The average Bonchev–Trinajstić information content (AvgIpc) is 3.53. The minimum Gasteiger partial charge on any atom is -0.493 e. The van der Waals surface area contributed by atoms with Crippen molar-refractivity contribution >= 4 is 28.1 Å². The van der Waals surface area contributed by atoms with E-state index < -0.39 is 6.04 Å². The van der Waals surface area contributed by atoms with Crippen molar-refractivity contribution in [2.45, 2.75) is 19.1 Å². The van der Waals surface area contributed by atoms with Gasteiger partial charge >= 0.3 is 0 Å². The van der Waals surface area contributed by atoms with Gasteiger partial charge in [-0.2, -0.15) is 0 Å². The molecule has 35 heavy (non-hydrogen) atoms. The maximum Gasteiger partial charge on any atom is 0.265 e. The van der Waals surface area contributed by atoms with Crippen LogP contribution in [-0.4, -0.2) is 50.0 Å². The van der Waals surface area contributed by atoms with Crippen LogP contribution in [0.5, 0.6) is 23.0 Å². The SMILES string of the molecule is COc1cc(COc2ccsc2C(=O)NC(CO)Cc2c[nH]c3ccccc23)cc(OC)c1OC. The Morgan fingerprint density at radius 1 is 1.06 bits per heavy atom. The number of methoxy groups -OCH3 is 3. The van der Waals surface area contributed by atoms with E-state index in [1.807, 2.05) is 30.5 Å². The molecular weight excluding hydrogens is 468 g/mol. The number of aromatic amines is 1. The molecular formula is C26H28N2O6S. The summed E-state index contributed by atoms with van der Waals surface area (Å²) in [5.74, 6) is 1.72. The lowest BCUT2D eigenvalue weighted by Crippen LogP contribution is -2.38. The number of amides is 1. The van der Waals surface area contributed by atoms with Crippen LogP contribution in [0.3, 0.4) is 0 Å². The molecule has 0 bridgehead atoms. The fraction of sp³-hybridized carbons (Fsp3) is 0.269. The van der Waals surface area contributed by atoms with Crippen LogP contribution in [0.4, 0.5) is 0 Å². The van der Waals surface area contributed by atoms with Crippen molar-refractivity contribution in [1.82, 2.24) is 10.3 Å². The van der Waals surface area contributed by atoms with Gasteiger partial charge in [-0.3, -0.25) is 4.79 Å². The molecule has 0 radical (unpaired) electrons. The molecule has 0 fully saturated rings. The predicted molar refractivity (Wildman–Crippen MR) is 135 cm³/mol. The molecule has 0 spiro atoms. The Morgan fingerprint density at radius 2 is 1.80 bits per heavy atom. The minimum absolute atomic E-state index is 0.182. The van der Waals surface area contributed by atoms with E-state index in [1.165, 1.54) is 11.3 Å². The summed E-state index contributed by atoms with van der Waals surface area (Å²) in [6.45, 7) is 0.0186. The molecule has 9 heteroatoms. The first-order valence-corrected chi connectivity index (χ1v) is 11.9. The van der Waals surface area contributed by atoms with E-state index in [4.69, 9.17) is 18.9 Å². The number of hydrogen-bond acceptors (Lipinski definition) is 7. The molecule has 1 amide bonds. The number of thiophene rings is 1. The van der Waals surface area contributed by atoms with Gasteiger partial charge in [0.1, 0.15) is 17.2 Å². The molecule has 0 saturated carbocycles. The summed E-state index contributed by atoms with van der Waals surface area (Å²) in [6, 6.07) is 12.9. The van der Waals surface area contributed by atoms with Gasteiger partial charge in [0.15, 0.2) is 11.5 Å². The van der Waals surface area contributed by atoms with E-state index in [0.29, 0.717) is 34.3 Å². The number of hydrogen-bond donors (Lipinski definition) is 3. The Morgan fingerprint density at radius 3 is 2.49 bits per heavy atom. The number of nitrogens with one attached hydrogen (secondary N) is 2. The van der Waals surface area contributed by atoms with Crippen molar-refractivity contribution in [3.8, 4) is 23.0 Å². The zero-order valence-electron chi connectivity index (χ0n) is 19.8. The monoisotopic (exact) mass is 496 g/mol.